The Kier molecular flexibility index (Phi) is 5.78. The van der Waals surface area contributed by atoms with Crippen LogP contribution in [0.25, 0.3) is 27.6 Å². The van der Waals surface area contributed by atoms with Crippen molar-refractivity contribution in [2.75, 3.05) is 5.32 Å². The van der Waals surface area contributed by atoms with E-state index in [-0.39, 0.29) is 17.2 Å². The number of carbonyl (C=O) groups excluding carboxylic acids is 1. The highest BCUT2D eigenvalue weighted by Crippen LogP contribution is 2.28. The van der Waals surface area contributed by atoms with Gasteiger partial charge in [-0.05, 0) is 68.3 Å². The average molecular weight is 486 g/mol. The highest BCUT2D eigenvalue weighted by atomic mass is 32.2. The van der Waals surface area contributed by atoms with Crippen LogP contribution < -0.4 is 16.6 Å². The Hall–Kier alpha value is -4.11. The van der Waals surface area contributed by atoms with Gasteiger partial charge >= 0.3 is 5.69 Å². The minimum atomic E-state index is -0.555. The van der Waals surface area contributed by atoms with Crippen molar-refractivity contribution in [3.63, 3.8) is 0 Å². The SMILES string of the molecule is Cc1cccc(-n2c(SC(C)C(=O)Nc3ccc4[nH]c(=O)[nH]c4c3)nc3ccccc3c2=O)c1C. The number of imidazole rings is 1. The largest absolute Gasteiger partial charge is 0.325 e. The van der Waals surface area contributed by atoms with Gasteiger partial charge in [-0.3, -0.25) is 14.2 Å². The number of thioether (sulfide) groups is 1. The van der Waals surface area contributed by atoms with Gasteiger partial charge in [0.15, 0.2) is 5.16 Å². The second-order valence-electron chi connectivity index (χ2n) is 8.36. The zero-order valence-electron chi connectivity index (χ0n) is 19.4. The molecule has 0 saturated carbocycles. The fraction of sp³-hybridized carbons (Fsp3) is 0.154. The van der Waals surface area contributed by atoms with Gasteiger partial charge < -0.3 is 15.3 Å². The number of carbonyl (C=O) groups is 1. The molecule has 0 fully saturated rings. The Balaban J connectivity index is 1.51. The number of fused-ring (bicyclic) bond motifs is 2. The first-order chi connectivity index (χ1) is 16.8. The van der Waals surface area contributed by atoms with Gasteiger partial charge in [-0.25, -0.2) is 9.78 Å². The summed E-state index contributed by atoms with van der Waals surface area (Å²) in [5.74, 6) is -0.248. The summed E-state index contributed by atoms with van der Waals surface area (Å²) in [5, 5.41) is 3.29. The zero-order valence-corrected chi connectivity index (χ0v) is 20.2. The third-order valence-electron chi connectivity index (χ3n) is 6.00. The van der Waals surface area contributed by atoms with Crippen molar-refractivity contribution in [2.45, 2.75) is 31.2 Å². The third kappa shape index (κ3) is 4.26. The molecule has 5 aromatic rings. The molecular weight excluding hydrogens is 462 g/mol. The number of benzene rings is 3. The van der Waals surface area contributed by atoms with E-state index < -0.39 is 5.25 Å². The van der Waals surface area contributed by atoms with Gasteiger partial charge in [0.05, 0.1) is 32.9 Å². The lowest BCUT2D eigenvalue weighted by Crippen LogP contribution is -2.26. The van der Waals surface area contributed by atoms with E-state index >= 15 is 0 Å². The Morgan fingerprint density at radius 1 is 1.00 bits per heavy atom. The summed E-state index contributed by atoms with van der Waals surface area (Å²) in [4.78, 5) is 48.2. The minimum Gasteiger partial charge on any atom is -0.325 e. The Morgan fingerprint density at radius 3 is 2.60 bits per heavy atom. The van der Waals surface area contributed by atoms with Crippen LogP contribution in [0.4, 0.5) is 5.69 Å². The molecule has 1 amide bonds. The summed E-state index contributed by atoms with van der Waals surface area (Å²) in [6, 6.07) is 18.2. The fourth-order valence-electron chi connectivity index (χ4n) is 3.95. The highest BCUT2D eigenvalue weighted by molar-refractivity contribution is 8.00. The summed E-state index contributed by atoms with van der Waals surface area (Å²) in [6.45, 7) is 5.74. The second-order valence-corrected chi connectivity index (χ2v) is 9.67. The predicted octanol–water partition coefficient (Wildman–Crippen LogP) is 4.29. The number of para-hydroxylation sites is 1. The normalized spacial score (nSPS) is 12.2. The molecule has 1 atom stereocenters. The summed E-state index contributed by atoms with van der Waals surface area (Å²) in [6.07, 6.45) is 0. The number of hydrogen-bond donors (Lipinski definition) is 3. The molecule has 0 radical (unpaired) electrons. The molecule has 9 heteroatoms. The van der Waals surface area contributed by atoms with Gasteiger partial charge in [-0.15, -0.1) is 0 Å². The first kappa shape index (κ1) is 22.7. The van der Waals surface area contributed by atoms with Crippen molar-refractivity contribution in [1.29, 1.82) is 0 Å². The van der Waals surface area contributed by atoms with Crippen molar-refractivity contribution in [3.8, 4) is 5.69 Å². The predicted molar refractivity (Wildman–Crippen MR) is 140 cm³/mol. The van der Waals surface area contributed by atoms with E-state index in [1.807, 2.05) is 44.2 Å². The van der Waals surface area contributed by atoms with Gasteiger partial charge in [-0.2, -0.15) is 0 Å². The summed E-state index contributed by atoms with van der Waals surface area (Å²) in [5.41, 5.74) is 4.69. The maximum absolute atomic E-state index is 13.6. The molecule has 0 aliphatic heterocycles. The smallest absolute Gasteiger partial charge is 0.323 e. The van der Waals surface area contributed by atoms with Gasteiger partial charge in [-0.1, -0.05) is 36.0 Å². The molecule has 0 bridgehead atoms. The van der Waals surface area contributed by atoms with E-state index in [0.717, 1.165) is 16.8 Å². The van der Waals surface area contributed by atoms with Crippen LogP contribution in [0.1, 0.15) is 18.1 Å². The van der Waals surface area contributed by atoms with E-state index in [0.29, 0.717) is 32.8 Å². The van der Waals surface area contributed by atoms with E-state index in [2.05, 4.69) is 15.3 Å². The van der Waals surface area contributed by atoms with E-state index in [9.17, 15) is 14.4 Å². The molecule has 176 valence electrons. The first-order valence-corrected chi connectivity index (χ1v) is 12.0. The number of hydrogen-bond acceptors (Lipinski definition) is 5. The second kappa shape index (κ2) is 8.92. The topological polar surface area (TPSA) is 113 Å². The first-order valence-electron chi connectivity index (χ1n) is 11.1. The monoisotopic (exact) mass is 485 g/mol. The van der Waals surface area contributed by atoms with E-state index in [1.54, 1.807) is 41.8 Å². The number of amides is 1. The summed E-state index contributed by atoms with van der Waals surface area (Å²) in [7, 11) is 0. The number of nitrogens with zero attached hydrogens (tertiary/aromatic N) is 2. The van der Waals surface area contributed by atoms with Crippen LogP contribution in [-0.2, 0) is 4.79 Å². The number of anilines is 1. The molecule has 0 aliphatic rings. The van der Waals surface area contributed by atoms with Crippen LogP contribution in [-0.4, -0.2) is 30.7 Å². The molecule has 2 aromatic heterocycles. The Labute approximate surface area is 204 Å². The lowest BCUT2D eigenvalue weighted by molar-refractivity contribution is -0.115. The molecule has 5 rings (SSSR count). The quantitative estimate of drug-likeness (QED) is 0.254. The van der Waals surface area contributed by atoms with Crippen LogP contribution in [0.3, 0.4) is 0 Å². The van der Waals surface area contributed by atoms with Gasteiger partial charge in [0.2, 0.25) is 5.91 Å². The number of aromatic nitrogens is 4. The maximum Gasteiger partial charge on any atom is 0.323 e. The van der Waals surface area contributed by atoms with Crippen molar-refractivity contribution in [3.05, 3.63) is 92.6 Å². The van der Waals surface area contributed by atoms with Crippen LogP contribution in [0, 0.1) is 13.8 Å². The number of nitrogens with one attached hydrogen (secondary N) is 3. The van der Waals surface area contributed by atoms with Crippen molar-refractivity contribution < 1.29 is 4.79 Å². The molecular formula is C26H23N5O3S. The van der Waals surface area contributed by atoms with Crippen molar-refractivity contribution in [1.82, 2.24) is 19.5 Å². The lowest BCUT2D eigenvalue weighted by atomic mass is 10.1. The van der Waals surface area contributed by atoms with E-state index in [1.165, 1.54) is 11.8 Å². The fourth-order valence-corrected chi connectivity index (χ4v) is 4.87. The Morgan fingerprint density at radius 2 is 1.77 bits per heavy atom. The van der Waals surface area contributed by atoms with Crippen LogP contribution >= 0.6 is 11.8 Å². The lowest BCUT2D eigenvalue weighted by Gasteiger charge is -2.18. The molecule has 0 spiro atoms. The number of H-pyrrole nitrogens is 2. The zero-order chi connectivity index (χ0) is 24.7. The van der Waals surface area contributed by atoms with Gasteiger partial charge in [0.25, 0.3) is 5.56 Å². The summed E-state index contributed by atoms with van der Waals surface area (Å²) < 4.78 is 1.59. The highest BCUT2D eigenvalue weighted by Gasteiger charge is 2.21. The van der Waals surface area contributed by atoms with Gasteiger partial charge in [0.1, 0.15) is 0 Å². The molecule has 8 nitrogen and oxygen atoms in total. The number of aromatic amines is 2. The molecule has 3 N–H and O–H groups in total. The van der Waals surface area contributed by atoms with Gasteiger partial charge in [0, 0.05) is 5.69 Å². The van der Waals surface area contributed by atoms with E-state index in [4.69, 9.17) is 4.98 Å². The van der Waals surface area contributed by atoms with Crippen LogP contribution in [0.5, 0.6) is 0 Å². The molecule has 35 heavy (non-hydrogen) atoms. The number of rotatable bonds is 5. The summed E-state index contributed by atoms with van der Waals surface area (Å²) >= 11 is 1.22. The number of aryl methyl sites for hydroxylation is 1. The average Bonchev–Trinajstić information content (AvgIpc) is 3.21. The molecule has 1 unspecified atom stereocenters. The third-order valence-corrected chi connectivity index (χ3v) is 7.05. The minimum absolute atomic E-state index is 0.179. The van der Waals surface area contributed by atoms with Crippen LogP contribution in [0.15, 0.2) is 75.4 Å². The Bertz CT molecular complexity index is 1720. The van der Waals surface area contributed by atoms with Crippen LogP contribution in [0.2, 0.25) is 0 Å². The van der Waals surface area contributed by atoms with Crippen molar-refractivity contribution in [2.24, 2.45) is 0 Å². The van der Waals surface area contributed by atoms with Crippen molar-refractivity contribution >= 4 is 45.3 Å². The molecule has 2 heterocycles. The molecule has 3 aromatic carbocycles. The molecule has 0 aliphatic carbocycles. The maximum atomic E-state index is 13.6. The molecule has 0 saturated heterocycles. The standard InChI is InChI=1S/C26H23N5O3S/c1-14-7-6-10-22(15(14)2)31-24(33)18-8-4-5-9-19(18)30-26(31)35-16(3)23(32)27-17-11-12-20-21(13-17)29-25(34)28-20/h4-13,16H,1-3H3,(H,27,32)(H2,28,29,34).